The highest BCUT2D eigenvalue weighted by Gasteiger charge is 2.13. The van der Waals surface area contributed by atoms with E-state index in [2.05, 4.69) is 20.4 Å². The van der Waals surface area contributed by atoms with E-state index in [4.69, 9.17) is 4.74 Å². The number of carbonyl (C=O) groups is 1. The van der Waals surface area contributed by atoms with Gasteiger partial charge in [-0.3, -0.25) is 4.79 Å². The van der Waals surface area contributed by atoms with E-state index in [0.29, 0.717) is 18.3 Å². The van der Waals surface area contributed by atoms with Crippen LogP contribution in [0.25, 0.3) is 0 Å². The molecule has 2 nitrogen and oxygen atoms in total. The average Bonchev–Trinajstić information content (AvgIpc) is 2.00. The Morgan fingerprint density at radius 1 is 1.29 bits per heavy atom. The standard InChI is InChI=1S/C12H22O2/c1-6-11(7-9(2)3)14-12(13)8-10(4)5/h6,9-11H,1,7-8H2,2-5H3. The average molecular weight is 198 g/mol. The van der Waals surface area contributed by atoms with Gasteiger partial charge in [0.25, 0.3) is 0 Å². The van der Waals surface area contributed by atoms with E-state index in [0.717, 1.165) is 6.42 Å². The van der Waals surface area contributed by atoms with Crippen molar-refractivity contribution < 1.29 is 9.53 Å². The smallest absolute Gasteiger partial charge is 0.306 e. The highest BCUT2D eigenvalue weighted by atomic mass is 16.5. The number of ether oxygens (including phenoxy) is 1. The lowest BCUT2D eigenvalue weighted by Crippen LogP contribution is -2.18. The molecule has 1 atom stereocenters. The third kappa shape index (κ3) is 6.70. The van der Waals surface area contributed by atoms with Crippen LogP contribution in [0.4, 0.5) is 0 Å². The molecule has 0 saturated heterocycles. The minimum absolute atomic E-state index is 0.120. The van der Waals surface area contributed by atoms with Crippen molar-refractivity contribution in [3.05, 3.63) is 12.7 Å². The summed E-state index contributed by atoms with van der Waals surface area (Å²) in [4.78, 5) is 11.3. The Morgan fingerprint density at radius 2 is 1.86 bits per heavy atom. The molecule has 2 heteroatoms. The van der Waals surface area contributed by atoms with Gasteiger partial charge in [-0.15, -0.1) is 0 Å². The van der Waals surface area contributed by atoms with Crippen molar-refractivity contribution in [2.24, 2.45) is 11.8 Å². The molecule has 0 N–H and O–H groups in total. The predicted octanol–water partition coefficient (Wildman–Crippen LogP) is 3.18. The Bertz CT molecular complexity index is 183. The molecule has 0 radical (unpaired) electrons. The Morgan fingerprint density at radius 3 is 2.21 bits per heavy atom. The van der Waals surface area contributed by atoms with Crippen molar-refractivity contribution >= 4 is 5.97 Å². The number of esters is 1. The molecule has 0 aliphatic rings. The summed E-state index contributed by atoms with van der Waals surface area (Å²) >= 11 is 0. The van der Waals surface area contributed by atoms with Crippen molar-refractivity contribution in [3.8, 4) is 0 Å². The molecule has 0 amide bonds. The van der Waals surface area contributed by atoms with E-state index in [1.807, 2.05) is 13.8 Å². The lowest BCUT2D eigenvalue weighted by atomic mass is 10.1. The number of carbonyl (C=O) groups excluding carboxylic acids is 1. The van der Waals surface area contributed by atoms with Gasteiger partial charge in [-0.2, -0.15) is 0 Å². The lowest BCUT2D eigenvalue weighted by molar-refractivity contribution is -0.148. The van der Waals surface area contributed by atoms with E-state index >= 15 is 0 Å². The molecule has 1 unspecified atom stereocenters. The topological polar surface area (TPSA) is 26.3 Å². The summed E-state index contributed by atoms with van der Waals surface area (Å²) in [5.74, 6) is 0.752. The Kier molecular flexibility index (Phi) is 6.26. The molecule has 82 valence electrons. The number of hydrogen-bond acceptors (Lipinski definition) is 2. The molecule has 0 fully saturated rings. The summed E-state index contributed by atoms with van der Waals surface area (Å²) in [6, 6.07) is 0. The fourth-order valence-electron chi connectivity index (χ4n) is 1.21. The molecule has 0 aromatic carbocycles. The van der Waals surface area contributed by atoms with Gasteiger partial charge in [0.1, 0.15) is 6.10 Å². The molecule has 0 rings (SSSR count). The largest absolute Gasteiger partial charge is 0.458 e. The predicted molar refractivity (Wildman–Crippen MR) is 59.0 cm³/mol. The van der Waals surface area contributed by atoms with Gasteiger partial charge >= 0.3 is 5.97 Å². The fourth-order valence-corrected chi connectivity index (χ4v) is 1.21. The molecule has 0 saturated carbocycles. The second-order valence-electron chi connectivity index (χ2n) is 4.49. The van der Waals surface area contributed by atoms with Gasteiger partial charge in [0.2, 0.25) is 0 Å². The normalized spacial score (nSPS) is 13.0. The molecule has 0 heterocycles. The van der Waals surface area contributed by atoms with Crippen LogP contribution < -0.4 is 0 Å². The van der Waals surface area contributed by atoms with Crippen LogP contribution in [0.1, 0.15) is 40.5 Å². The molecular weight excluding hydrogens is 176 g/mol. The van der Waals surface area contributed by atoms with E-state index in [9.17, 15) is 4.79 Å². The first kappa shape index (κ1) is 13.2. The maximum absolute atomic E-state index is 11.3. The highest BCUT2D eigenvalue weighted by Crippen LogP contribution is 2.11. The minimum atomic E-state index is -0.124. The lowest BCUT2D eigenvalue weighted by Gasteiger charge is -2.16. The monoisotopic (exact) mass is 198 g/mol. The summed E-state index contributed by atoms with van der Waals surface area (Å²) < 4.78 is 5.26. The van der Waals surface area contributed by atoms with Crippen LogP contribution in [0.5, 0.6) is 0 Å². The first-order valence-corrected chi connectivity index (χ1v) is 5.27. The summed E-state index contributed by atoms with van der Waals surface area (Å²) in [6.45, 7) is 11.9. The third-order valence-electron chi connectivity index (χ3n) is 1.82. The first-order valence-electron chi connectivity index (χ1n) is 5.27. The number of rotatable bonds is 6. The molecule has 14 heavy (non-hydrogen) atoms. The zero-order chi connectivity index (χ0) is 11.1. The summed E-state index contributed by atoms with van der Waals surface area (Å²) in [5.41, 5.74) is 0. The maximum atomic E-state index is 11.3. The van der Waals surface area contributed by atoms with Crippen LogP contribution in [0, 0.1) is 11.8 Å². The van der Waals surface area contributed by atoms with E-state index in [1.165, 1.54) is 0 Å². The van der Waals surface area contributed by atoms with Gasteiger partial charge in [0.15, 0.2) is 0 Å². The zero-order valence-corrected chi connectivity index (χ0v) is 9.75. The molecule has 0 aliphatic carbocycles. The molecular formula is C12H22O2. The van der Waals surface area contributed by atoms with E-state index in [-0.39, 0.29) is 12.1 Å². The second-order valence-corrected chi connectivity index (χ2v) is 4.49. The van der Waals surface area contributed by atoms with Crippen LogP contribution in [0.3, 0.4) is 0 Å². The molecule has 0 bridgehead atoms. The Balaban J connectivity index is 3.92. The zero-order valence-electron chi connectivity index (χ0n) is 9.75. The van der Waals surface area contributed by atoms with Crippen molar-refractivity contribution in [3.63, 3.8) is 0 Å². The molecule has 0 aromatic rings. The highest BCUT2D eigenvalue weighted by molar-refractivity contribution is 5.69. The van der Waals surface area contributed by atoms with Crippen LogP contribution in [0.15, 0.2) is 12.7 Å². The van der Waals surface area contributed by atoms with Crippen molar-refractivity contribution in [2.75, 3.05) is 0 Å². The third-order valence-corrected chi connectivity index (χ3v) is 1.82. The van der Waals surface area contributed by atoms with Crippen LogP contribution in [-0.2, 0) is 9.53 Å². The minimum Gasteiger partial charge on any atom is -0.458 e. The van der Waals surface area contributed by atoms with Gasteiger partial charge in [-0.1, -0.05) is 40.3 Å². The summed E-state index contributed by atoms with van der Waals surface area (Å²) in [5, 5.41) is 0. The van der Waals surface area contributed by atoms with E-state index < -0.39 is 0 Å². The second kappa shape index (κ2) is 6.63. The van der Waals surface area contributed by atoms with E-state index in [1.54, 1.807) is 6.08 Å². The molecule has 0 aromatic heterocycles. The number of hydrogen-bond donors (Lipinski definition) is 0. The Labute approximate surface area is 87.3 Å². The quantitative estimate of drug-likeness (QED) is 0.484. The van der Waals surface area contributed by atoms with Crippen LogP contribution in [-0.4, -0.2) is 12.1 Å². The summed E-state index contributed by atoms with van der Waals surface area (Å²) in [6.07, 6.45) is 2.93. The van der Waals surface area contributed by atoms with Gasteiger partial charge < -0.3 is 4.74 Å². The van der Waals surface area contributed by atoms with Crippen LogP contribution >= 0.6 is 0 Å². The Hall–Kier alpha value is -0.790. The first-order chi connectivity index (χ1) is 6.45. The summed E-state index contributed by atoms with van der Waals surface area (Å²) in [7, 11) is 0. The van der Waals surface area contributed by atoms with Gasteiger partial charge in [0.05, 0.1) is 0 Å². The maximum Gasteiger partial charge on any atom is 0.306 e. The molecule has 0 aliphatic heterocycles. The molecule has 0 spiro atoms. The van der Waals surface area contributed by atoms with Crippen molar-refractivity contribution in [1.29, 1.82) is 0 Å². The van der Waals surface area contributed by atoms with Gasteiger partial charge in [-0.05, 0) is 18.3 Å². The van der Waals surface area contributed by atoms with Crippen LogP contribution in [0.2, 0.25) is 0 Å². The SMILES string of the molecule is C=CC(CC(C)C)OC(=O)CC(C)C. The van der Waals surface area contributed by atoms with Gasteiger partial charge in [0, 0.05) is 6.42 Å². The van der Waals surface area contributed by atoms with Gasteiger partial charge in [-0.25, -0.2) is 0 Å². The van der Waals surface area contributed by atoms with Crippen molar-refractivity contribution in [1.82, 2.24) is 0 Å². The fraction of sp³-hybridized carbons (Fsp3) is 0.750. The van der Waals surface area contributed by atoms with Crippen molar-refractivity contribution in [2.45, 2.75) is 46.6 Å².